The molecule has 25 heavy (non-hydrogen) atoms. The zero-order valence-electron chi connectivity index (χ0n) is 14.7. The summed E-state index contributed by atoms with van der Waals surface area (Å²) in [5.41, 5.74) is 5.37. The summed E-state index contributed by atoms with van der Waals surface area (Å²) in [6.07, 6.45) is 4.62. The van der Waals surface area contributed by atoms with Crippen molar-refractivity contribution in [2.75, 3.05) is 11.9 Å². The number of nitrogens with one attached hydrogen (secondary N) is 1. The first-order valence-corrected chi connectivity index (χ1v) is 8.90. The molecule has 132 valence electrons. The zero-order valence-corrected chi connectivity index (χ0v) is 14.7. The minimum Gasteiger partial charge on any atom is -0.494 e. The fourth-order valence-corrected chi connectivity index (χ4v) is 3.18. The Morgan fingerprint density at radius 2 is 2.00 bits per heavy atom. The highest BCUT2D eigenvalue weighted by molar-refractivity contribution is 5.91. The minimum absolute atomic E-state index is 0.0300. The van der Waals surface area contributed by atoms with E-state index in [1.807, 2.05) is 31.2 Å². The Balaban J connectivity index is 1.44. The molecule has 0 unspecified atom stereocenters. The molecule has 0 saturated carbocycles. The largest absolute Gasteiger partial charge is 0.494 e. The number of hydrogen-bond donors (Lipinski definition) is 2. The third kappa shape index (κ3) is 4.60. The van der Waals surface area contributed by atoms with E-state index >= 15 is 0 Å². The van der Waals surface area contributed by atoms with Gasteiger partial charge in [0.2, 0.25) is 5.91 Å². The van der Waals surface area contributed by atoms with Gasteiger partial charge >= 0.3 is 0 Å². The average molecular weight is 339 g/mol. The smallest absolute Gasteiger partial charge is 0.224 e. The van der Waals surface area contributed by atoms with Crippen LogP contribution in [-0.4, -0.2) is 17.6 Å². The maximum absolute atomic E-state index is 12.1. The molecule has 3 rings (SSSR count). The summed E-state index contributed by atoms with van der Waals surface area (Å²) in [6, 6.07) is 11.9. The number of carbonyl (C=O) groups excluding carboxylic acids is 1. The van der Waals surface area contributed by atoms with E-state index in [9.17, 15) is 9.90 Å². The zero-order chi connectivity index (χ0) is 17.6. The Kier molecular flexibility index (Phi) is 5.71. The Morgan fingerprint density at radius 3 is 2.84 bits per heavy atom. The normalized spacial score (nSPS) is 12.7. The van der Waals surface area contributed by atoms with E-state index in [-0.39, 0.29) is 12.5 Å². The summed E-state index contributed by atoms with van der Waals surface area (Å²) in [4.78, 5) is 12.1. The van der Waals surface area contributed by atoms with Crippen molar-refractivity contribution in [3.05, 3.63) is 58.7 Å². The molecule has 0 aromatic heterocycles. The van der Waals surface area contributed by atoms with Gasteiger partial charge in [-0.2, -0.15) is 0 Å². The van der Waals surface area contributed by atoms with Gasteiger partial charge in [-0.15, -0.1) is 0 Å². The topological polar surface area (TPSA) is 58.6 Å². The molecule has 0 saturated heterocycles. The van der Waals surface area contributed by atoms with Crippen LogP contribution >= 0.6 is 0 Å². The fourth-order valence-electron chi connectivity index (χ4n) is 3.18. The average Bonchev–Trinajstić information content (AvgIpc) is 3.08. The highest BCUT2D eigenvalue weighted by atomic mass is 16.5. The van der Waals surface area contributed by atoms with Crippen LogP contribution in [0.4, 0.5) is 5.69 Å². The molecular formula is C21H25NO3. The van der Waals surface area contributed by atoms with Crippen LogP contribution in [0, 0.1) is 6.92 Å². The third-order valence-electron chi connectivity index (χ3n) is 4.65. The summed E-state index contributed by atoms with van der Waals surface area (Å²) in [6.45, 7) is 2.44. The van der Waals surface area contributed by atoms with Crippen LogP contribution in [0.3, 0.4) is 0 Å². The van der Waals surface area contributed by atoms with Crippen molar-refractivity contribution in [3.8, 4) is 5.75 Å². The molecule has 1 amide bonds. The van der Waals surface area contributed by atoms with Crippen LogP contribution in [-0.2, 0) is 24.2 Å². The van der Waals surface area contributed by atoms with E-state index in [4.69, 9.17) is 4.74 Å². The van der Waals surface area contributed by atoms with Crippen molar-refractivity contribution in [2.24, 2.45) is 0 Å². The molecule has 0 radical (unpaired) electrons. The Labute approximate surface area is 148 Å². The molecular weight excluding hydrogens is 314 g/mol. The summed E-state index contributed by atoms with van der Waals surface area (Å²) < 4.78 is 5.78. The second-order valence-corrected chi connectivity index (χ2v) is 6.59. The molecule has 0 aliphatic heterocycles. The quantitative estimate of drug-likeness (QED) is 0.755. The molecule has 0 fully saturated rings. The fraction of sp³-hybridized carbons (Fsp3) is 0.381. The van der Waals surface area contributed by atoms with Gasteiger partial charge in [-0.05, 0) is 73.1 Å². The summed E-state index contributed by atoms with van der Waals surface area (Å²) in [5, 5.41) is 12.1. The van der Waals surface area contributed by atoms with Crippen LogP contribution in [0.15, 0.2) is 36.4 Å². The van der Waals surface area contributed by atoms with Gasteiger partial charge in [0.15, 0.2) is 0 Å². The standard InChI is InChI=1S/C21H25NO3/c1-15-7-8-16(14-23)12-20(15)22-21(24)6-3-11-25-19-10-9-17-4-2-5-18(17)13-19/h7-10,12-13,23H,2-6,11,14H2,1H3,(H,22,24). The second-order valence-electron chi connectivity index (χ2n) is 6.59. The van der Waals surface area contributed by atoms with Gasteiger partial charge in [0.1, 0.15) is 5.75 Å². The lowest BCUT2D eigenvalue weighted by Crippen LogP contribution is -2.14. The van der Waals surface area contributed by atoms with Gasteiger partial charge < -0.3 is 15.2 Å². The molecule has 2 aromatic carbocycles. The van der Waals surface area contributed by atoms with Gasteiger partial charge in [0, 0.05) is 12.1 Å². The summed E-state index contributed by atoms with van der Waals surface area (Å²) >= 11 is 0. The number of aliphatic hydroxyl groups is 1. The number of hydrogen-bond acceptors (Lipinski definition) is 3. The van der Waals surface area contributed by atoms with E-state index in [2.05, 4.69) is 17.4 Å². The highest BCUT2D eigenvalue weighted by Crippen LogP contribution is 2.26. The van der Waals surface area contributed by atoms with Crippen molar-refractivity contribution < 1.29 is 14.6 Å². The number of amides is 1. The van der Waals surface area contributed by atoms with Crippen LogP contribution in [0.1, 0.15) is 41.5 Å². The molecule has 0 atom stereocenters. The lowest BCUT2D eigenvalue weighted by Gasteiger charge is -2.11. The van der Waals surface area contributed by atoms with E-state index in [0.29, 0.717) is 19.4 Å². The first-order chi connectivity index (χ1) is 12.2. The predicted octanol–water partition coefficient (Wildman–Crippen LogP) is 3.77. The van der Waals surface area contributed by atoms with Crippen LogP contribution in [0.2, 0.25) is 0 Å². The number of aliphatic hydroxyl groups excluding tert-OH is 1. The third-order valence-corrected chi connectivity index (χ3v) is 4.65. The van der Waals surface area contributed by atoms with Gasteiger partial charge in [-0.3, -0.25) is 4.79 Å². The Morgan fingerprint density at radius 1 is 1.16 bits per heavy atom. The molecule has 0 bridgehead atoms. The molecule has 0 spiro atoms. The van der Waals surface area contributed by atoms with Gasteiger partial charge in [-0.1, -0.05) is 18.2 Å². The molecule has 1 aliphatic rings. The molecule has 2 aromatic rings. The number of fused-ring (bicyclic) bond motifs is 1. The summed E-state index contributed by atoms with van der Waals surface area (Å²) in [5.74, 6) is 0.864. The number of ether oxygens (including phenoxy) is 1. The van der Waals surface area contributed by atoms with Crippen LogP contribution < -0.4 is 10.1 Å². The van der Waals surface area contributed by atoms with Crippen molar-refractivity contribution >= 4 is 11.6 Å². The molecule has 2 N–H and O–H groups in total. The van der Waals surface area contributed by atoms with E-state index in [1.165, 1.54) is 24.0 Å². The Hall–Kier alpha value is -2.33. The number of carbonyl (C=O) groups is 1. The molecule has 0 heterocycles. The number of aryl methyl sites for hydroxylation is 3. The maximum Gasteiger partial charge on any atom is 0.224 e. The van der Waals surface area contributed by atoms with Gasteiger partial charge in [0.25, 0.3) is 0 Å². The first-order valence-electron chi connectivity index (χ1n) is 8.90. The number of rotatable bonds is 7. The van der Waals surface area contributed by atoms with E-state index < -0.39 is 0 Å². The lowest BCUT2D eigenvalue weighted by atomic mass is 10.1. The molecule has 4 heteroatoms. The van der Waals surface area contributed by atoms with Crippen LogP contribution in [0.5, 0.6) is 5.75 Å². The first kappa shape index (κ1) is 17.5. The predicted molar refractivity (Wildman–Crippen MR) is 98.9 cm³/mol. The highest BCUT2D eigenvalue weighted by Gasteiger charge is 2.11. The lowest BCUT2D eigenvalue weighted by molar-refractivity contribution is -0.116. The monoisotopic (exact) mass is 339 g/mol. The van der Waals surface area contributed by atoms with Gasteiger partial charge in [-0.25, -0.2) is 0 Å². The number of benzene rings is 2. The minimum atomic E-state index is -0.0317. The van der Waals surface area contributed by atoms with E-state index in [0.717, 1.165) is 29.0 Å². The van der Waals surface area contributed by atoms with Crippen molar-refractivity contribution in [2.45, 2.75) is 45.6 Å². The summed E-state index contributed by atoms with van der Waals surface area (Å²) in [7, 11) is 0. The molecule has 4 nitrogen and oxygen atoms in total. The van der Waals surface area contributed by atoms with Gasteiger partial charge in [0.05, 0.1) is 13.2 Å². The van der Waals surface area contributed by atoms with Crippen molar-refractivity contribution in [3.63, 3.8) is 0 Å². The molecule has 1 aliphatic carbocycles. The van der Waals surface area contributed by atoms with E-state index in [1.54, 1.807) is 0 Å². The maximum atomic E-state index is 12.1. The van der Waals surface area contributed by atoms with Crippen LogP contribution in [0.25, 0.3) is 0 Å². The second kappa shape index (κ2) is 8.17. The number of anilines is 1. The Bertz CT molecular complexity index is 755. The van der Waals surface area contributed by atoms with Crippen molar-refractivity contribution in [1.29, 1.82) is 0 Å². The van der Waals surface area contributed by atoms with Crippen molar-refractivity contribution in [1.82, 2.24) is 0 Å². The SMILES string of the molecule is Cc1ccc(CO)cc1NC(=O)CCCOc1ccc2c(c1)CCC2.